The molecule has 326 valence electrons. The number of carbonyl (C=O) groups is 6. The molecule has 4 bridgehead atoms. The van der Waals surface area contributed by atoms with Gasteiger partial charge in [-0.15, -0.1) is 0 Å². The molecule has 2 atom stereocenters. The second-order valence-corrected chi connectivity index (χ2v) is 12.3. The molecule has 0 saturated carbocycles. The molecule has 3 aromatic carbocycles. The van der Waals surface area contributed by atoms with Crippen molar-refractivity contribution in [3.8, 4) is 23.0 Å². The van der Waals surface area contributed by atoms with Gasteiger partial charge in [0.25, 0.3) is 0 Å². The summed E-state index contributed by atoms with van der Waals surface area (Å²) in [6.07, 6.45) is 1.15. The molecule has 15 nitrogen and oxygen atoms in total. The minimum Gasteiger partial charge on any atom is -0.497 e. The average Bonchev–Trinajstić information content (AvgIpc) is 3.27. The molecule has 4 N–H and O–H groups in total. The Morgan fingerprint density at radius 3 is 1.95 bits per heavy atom. The molecule has 0 aliphatic carbocycles. The lowest BCUT2D eigenvalue weighted by atomic mass is 10.0. The van der Waals surface area contributed by atoms with E-state index >= 15 is 0 Å². The van der Waals surface area contributed by atoms with E-state index < -0.39 is 55.3 Å². The average molecular weight is 823 g/mol. The Balaban J connectivity index is 0.00000191. The van der Waals surface area contributed by atoms with E-state index in [4.69, 9.17) is 14.2 Å². The number of rotatable bonds is 12. The molecule has 5 rings (SSSR count). The van der Waals surface area contributed by atoms with Crippen LogP contribution in [-0.2, 0) is 41.6 Å². The predicted molar refractivity (Wildman–Crippen MR) is 231 cm³/mol. The summed E-state index contributed by atoms with van der Waals surface area (Å²) in [4.78, 5) is 75.9. The molecule has 0 spiro atoms. The molecule has 6 amide bonds. The van der Waals surface area contributed by atoms with Crippen molar-refractivity contribution >= 4 is 35.9 Å². The molecule has 3 aromatic rings. The monoisotopic (exact) mass is 822 g/mol. The summed E-state index contributed by atoms with van der Waals surface area (Å²) in [7, 11) is 6.42. The zero-order chi connectivity index (χ0) is 44.9. The first-order chi connectivity index (χ1) is 28.3. The van der Waals surface area contributed by atoms with Crippen LogP contribution in [0, 0.1) is 6.92 Å². The maximum Gasteiger partial charge on any atom is 0.245 e. The van der Waals surface area contributed by atoms with Crippen molar-refractivity contribution in [2.24, 2.45) is 0 Å². The number of likely N-dealkylation sites (N-methyl/N-ethyl adjacent to an activating group) is 2. The minimum atomic E-state index is -0.843. The Kier molecular flexibility index (Phi) is 26.9. The SMILES string of the molecule is CC.CC.CC.COc1ccc(C)cc1.COc1ccc2cc1Oc1ccc(cc1)C[C@H](N(C)C(=O)CNC(=O)CNC(=O)CNC(=O)C(C)NC=O)C(=O)N(C)CC2. The number of aryl methyl sites for hydroxylation is 1. The van der Waals surface area contributed by atoms with Crippen molar-refractivity contribution in [3.05, 3.63) is 83.4 Å². The molecule has 59 heavy (non-hydrogen) atoms. The second kappa shape index (κ2) is 30.0. The molecule has 0 aromatic heterocycles. The van der Waals surface area contributed by atoms with E-state index in [-0.39, 0.29) is 12.3 Å². The number of ether oxygens (including phenoxy) is 3. The summed E-state index contributed by atoms with van der Waals surface area (Å²) in [6.45, 7) is 14.7. The van der Waals surface area contributed by atoms with Gasteiger partial charge in [0.2, 0.25) is 35.9 Å². The number of hydrogen-bond acceptors (Lipinski definition) is 9. The van der Waals surface area contributed by atoms with Crippen molar-refractivity contribution < 1.29 is 43.0 Å². The number of amides is 6. The number of methoxy groups -OCH3 is 2. The molecule has 0 fully saturated rings. The van der Waals surface area contributed by atoms with Crippen LogP contribution in [0.25, 0.3) is 0 Å². The first-order valence-corrected chi connectivity index (χ1v) is 19.9. The number of hydrogen-bond donors (Lipinski definition) is 4. The number of benzene rings is 3. The van der Waals surface area contributed by atoms with Crippen LogP contribution >= 0.6 is 0 Å². The van der Waals surface area contributed by atoms with Crippen molar-refractivity contribution in [1.82, 2.24) is 31.1 Å². The summed E-state index contributed by atoms with van der Waals surface area (Å²) in [5, 5.41) is 9.35. The van der Waals surface area contributed by atoms with Gasteiger partial charge in [-0.2, -0.15) is 0 Å². The van der Waals surface area contributed by atoms with E-state index in [2.05, 4.69) is 28.2 Å². The highest BCUT2D eigenvalue weighted by atomic mass is 16.5. The highest BCUT2D eigenvalue weighted by molar-refractivity contribution is 5.92. The Hall–Kier alpha value is -6.12. The summed E-state index contributed by atoms with van der Waals surface area (Å²) in [5.41, 5.74) is 3.00. The summed E-state index contributed by atoms with van der Waals surface area (Å²) in [6, 6.07) is 19.1. The van der Waals surface area contributed by atoms with E-state index in [1.807, 2.05) is 96.1 Å². The predicted octanol–water partition coefficient (Wildman–Crippen LogP) is 4.44. The fraction of sp³-hybridized carbons (Fsp3) is 0.455. The van der Waals surface area contributed by atoms with Crippen molar-refractivity contribution in [1.29, 1.82) is 0 Å². The highest BCUT2D eigenvalue weighted by Crippen LogP contribution is 2.33. The van der Waals surface area contributed by atoms with Gasteiger partial charge in [0.05, 0.1) is 33.9 Å². The Labute approximate surface area is 350 Å². The molecule has 0 radical (unpaired) electrons. The molecule has 1 unspecified atom stereocenters. The van der Waals surface area contributed by atoms with Crippen molar-refractivity contribution in [2.75, 3.05) is 54.5 Å². The Morgan fingerprint density at radius 1 is 0.831 bits per heavy atom. The Bertz CT molecular complexity index is 1720. The van der Waals surface area contributed by atoms with Gasteiger partial charge in [0.1, 0.15) is 23.6 Å². The molecule has 15 heteroatoms. The number of nitrogens with zero attached hydrogens (tertiary/aromatic N) is 2. The normalized spacial score (nSPS) is 13.0. The fourth-order valence-electron chi connectivity index (χ4n) is 5.00. The third-order valence-electron chi connectivity index (χ3n) is 8.34. The van der Waals surface area contributed by atoms with Crippen molar-refractivity contribution in [3.63, 3.8) is 0 Å². The maximum absolute atomic E-state index is 13.6. The van der Waals surface area contributed by atoms with Gasteiger partial charge in [-0.1, -0.05) is 77.4 Å². The van der Waals surface area contributed by atoms with Gasteiger partial charge in [-0.3, -0.25) is 28.8 Å². The molecule has 2 heterocycles. The van der Waals surface area contributed by atoms with Gasteiger partial charge in [0.15, 0.2) is 11.5 Å². The van der Waals surface area contributed by atoms with Crippen LogP contribution in [0.2, 0.25) is 0 Å². The smallest absolute Gasteiger partial charge is 0.245 e. The summed E-state index contributed by atoms with van der Waals surface area (Å²) < 4.78 is 16.5. The van der Waals surface area contributed by atoms with E-state index in [1.54, 1.807) is 38.3 Å². The molecule has 2 aliphatic rings. The zero-order valence-corrected chi connectivity index (χ0v) is 36.9. The van der Waals surface area contributed by atoms with Crippen LogP contribution in [0.1, 0.15) is 65.2 Å². The topological polar surface area (TPSA) is 185 Å². The van der Waals surface area contributed by atoms with Crippen LogP contribution in [-0.4, -0.2) is 112 Å². The fourth-order valence-corrected chi connectivity index (χ4v) is 5.00. The van der Waals surface area contributed by atoms with Gasteiger partial charge < -0.3 is 45.3 Å². The first-order valence-electron chi connectivity index (χ1n) is 19.9. The third-order valence-corrected chi connectivity index (χ3v) is 8.34. The molecular weight excluding hydrogens is 757 g/mol. The summed E-state index contributed by atoms with van der Waals surface area (Å²) in [5.74, 6) is 0.0742. The minimum absolute atomic E-state index is 0.233. The lowest BCUT2D eigenvalue weighted by Gasteiger charge is -2.31. The zero-order valence-electron chi connectivity index (χ0n) is 36.9. The maximum atomic E-state index is 13.6. The molecule has 2 aliphatic heterocycles. The molecule has 0 saturated heterocycles. The van der Waals surface area contributed by atoms with Crippen LogP contribution < -0.4 is 35.5 Å². The Morgan fingerprint density at radius 2 is 1.39 bits per heavy atom. The van der Waals surface area contributed by atoms with Crippen molar-refractivity contribution in [2.45, 2.75) is 80.3 Å². The van der Waals surface area contributed by atoms with E-state index in [1.165, 1.54) is 24.4 Å². The van der Waals surface area contributed by atoms with E-state index in [0.717, 1.165) is 16.9 Å². The first kappa shape index (κ1) is 52.9. The van der Waals surface area contributed by atoms with Gasteiger partial charge in [-0.25, -0.2) is 0 Å². The number of fused-ring (bicyclic) bond motifs is 7. The van der Waals surface area contributed by atoms with E-state index in [0.29, 0.717) is 36.6 Å². The van der Waals surface area contributed by atoms with Crippen LogP contribution in [0.4, 0.5) is 0 Å². The quantitative estimate of drug-likeness (QED) is 0.192. The highest BCUT2D eigenvalue weighted by Gasteiger charge is 2.30. The largest absolute Gasteiger partial charge is 0.497 e. The van der Waals surface area contributed by atoms with Crippen LogP contribution in [0.3, 0.4) is 0 Å². The molecular formula is C44H66N6O9. The lowest BCUT2D eigenvalue weighted by molar-refractivity contribution is -0.143. The second-order valence-electron chi connectivity index (χ2n) is 12.3. The van der Waals surface area contributed by atoms with Crippen LogP contribution in [0.5, 0.6) is 23.0 Å². The van der Waals surface area contributed by atoms with Gasteiger partial charge in [-0.05, 0) is 67.8 Å². The lowest BCUT2D eigenvalue weighted by Crippen LogP contribution is -2.52. The standard InChI is InChI=1S/C30H38N6O8.C8H10O.3C2H6/c1-19(34-18-37)29(41)33-16-27(39)31-15-26(38)32-17-28(40)36(3)23-13-20-5-8-22(9-6-20)44-25-14-21(7-10-24(25)43-4)11-12-35(2)30(23)42;1-7-3-5-8(9-2)6-4-7;3*1-2/h5-10,14,18-19,23H,11-13,15-17H2,1-4H3,(H,31,39)(H,32,38)(H,33,41)(H,34,37);3-6H,1-2H3;3*1-2H3/t19?,23-;;;;/m0..../s1. The number of carbonyl (C=O) groups excluding carboxylic acids is 6. The van der Waals surface area contributed by atoms with E-state index in [9.17, 15) is 28.8 Å². The van der Waals surface area contributed by atoms with Crippen LogP contribution in [0.15, 0.2) is 66.7 Å². The summed E-state index contributed by atoms with van der Waals surface area (Å²) >= 11 is 0. The number of nitrogens with one attached hydrogen (secondary N) is 4. The van der Waals surface area contributed by atoms with Gasteiger partial charge >= 0.3 is 0 Å². The van der Waals surface area contributed by atoms with Gasteiger partial charge in [0, 0.05) is 27.1 Å². The third kappa shape index (κ3) is 19.3.